The minimum atomic E-state index is -0.762. The van der Waals surface area contributed by atoms with Crippen LogP contribution in [0.25, 0.3) is 0 Å². The lowest BCUT2D eigenvalue weighted by atomic mass is 10.2. The average Bonchev–Trinajstić information content (AvgIpc) is 2.09. The summed E-state index contributed by atoms with van der Waals surface area (Å²) in [6, 6.07) is -0.108. The predicted molar refractivity (Wildman–Crippen MR) is 53.2 cm³/mol. The lowest BCUT2D eigenvalue weighted by molar-refractivity contribution is -0.137. The van der Waals surface area contributed by atoms with Crippen molar-refractivity contribution in [2.45, 2.75) is 25.7 Å². The highest BCUT2D eigenvalue weighted by Crippen LogP contribution is 1.98. The summed E-state index contributed by atoms with van der Waals surface area (Å²) in [7, 11) is 3.36. The molecule has 82 valence electrons. The Kier molecular flexibility index (Phi) is 6.53. The number of carbonyl (C=O) groups is 2. The Morgan fingerprint density at radius 1 is 1.21 bits per heavy atom. The summed E-state index contributed by atoms with van der Waals surface area (Å²) in [6.45, 7) is 0.608. The first-order valence-electron chi connectivity index (χ1n) is 4.71. The van der Waals surface area contributed by atoms with E-state index in [2.05, 4.69) is 5.32 Å². The van der Waals surface area contributed by atoms with Gasteiger partial charge in [0, 0.05) is 27.1 Å². The zero-order valence-corrected chi connectivity index (χ0v) is 8.75. The second-order valence-electron chi connectivity index (χ2n) is 3.33. The first-order valence-corrected chi connectivity index (χ1v) is 4.71. The third kappa shape index (κ3) is 7.39. The van der Waals surface area contributed by atoms with E-state index in [0.29, 0.717) is 13.0 Å². The molecule has 0 radical (unpaired) electrons. The minimum Gasteiger partial charge on any atom is -0.481 e. The van der Waals surface area contributed by atoms with Gasteiger partial charge in [0.25, 0.3) is 0 Å². The fraction of sp³-hybridized carbons (Fsp3) is 0.778. The van der Waals surface area contributed by atoms with Crippen molar-refractivity contribution in [1.82, 2.24) is 10.2 Å². The van der Waals surface area contributed by atoms with E-state index in [9.17, 15) is 9.59 Å². The molecule has 2 amide bonds. The topological polar surface area (TPSA) is 69.6 Å². The van der Waals surface area contributed by atoms with E-state index in [1.54, 1.807) is 14.1 Å². The molecule has 0 fully saturated rings. The Bertz CT molecular complexity index is 192. The van der Waals surface area contributed by atoms with Gasteiger partial charge in [-0.05, 0) is 12.8 Å². The molecule has 14 heavy (non-hydrogen) atoms. The molecule has 5 heteroatoms. The third-order valence-electron chi connectivity index (χ3n) is 1.75. The Balaban J connectivity index is 3.22. The van der Waals surface area contributed by atoms with Crippen LogP contribution in [0, 0.1) is 0 Å². The molecule has 0 aliphatic rings. The number of nitrogens with zero attached hydrogens (tertiary/aromatic N) is 1. The van der Waals surface area contributed by atoms with Gasteiger partial charge in [-0.2, -0.15) is 0 Å². The smallest absolute Gasteiger partial charge is 0.316 e. The van der Waals surface area contributed by atoms with Crippen molar-refractivity contribution in [2.75, 3.05) is 20.6 Å². The van der Waals surface area contributed by atoms with E-state index in [0.717, 1.165) is 12.8 Å². The molecule has 0 spiro atoms. The number of urea groups is 1. The molecule has 0 aromatic carbocycles. The highest BCUT2D eigenvalue weighted by molar-refractivity contribution is 5.73. The first kappa shape index (κ1) is 12.7. The van der Waals surface area contributed by atoms with Crippen LogP contribution in [-0.4, -0.2) is 42.6 Å². The van der Waals surface area contributed by atoms with Crippen LogP contribution >= 0.6 is 0 Å². The lowest BCUT2D eigenvalue weighted by Gasteiger charge is -2.11. The van der Waals surface area contributed by atoms with Gasteiger partial charge in [0.05, 0.1) is 0 Å². The Hall–Kier alpha value is -1.26. The van der Waals surface area contributed by atoms with Crippen molar-refractivity contribution >= 4 is 12.0 Å². The quantitative estimate of drug-likeness (QED) is 0.629. The van der Waals surface area contributed by atoms with Gasteiger partial charge < -0.3 is 15.3 Å². The van der Waals surface area contributed by atoms with Crippen LogP contribution in [0.15, 0.2) is 0 Å². The summed E-state index contributed by atoms with van der Waals surface area (Å²) in [5.74, 6) is -0.762. The molecule has 0 aromatic heterocycles. The monoisotopic (exact) mass is 202 g/mol. The van der Waals surface area contributed by atoms with Crippen LogP contribution in [0.2, 0.25) is 0 Å². The van der Waals surface area contributed by atoms with Crippen LogP contribution in [0.3, 0.4) is 0 Å². The number of hydrogen-bond acceptors (Lipinski definition) is 2. The van der Waals surface area contributed by atoms with Gasteiger partial charge in [-0.3, -0.25) is 4.79 Å². The molecule has 0 saturated carbocycles. The van der Waals surface area contributed by atoms with Crippen molar-refractivity contribution in [1.29, 1.82) is 0 Å². The van der Waals surface area contributed by atoms with Gasteiger partial charge in [0.2, 0.25) is 0 Å². The summed E-state index contributed by atoms with van der Waals surface area (Å²) >= 11 is 0. The molecule has 2 N–H and O–H groups in total. The van der Waals surface area contributed by atoms with Crippen molar-refractivity contribution in [3.05, 3.63) is 0 Å². The van der Waals surface area contributed by atoms with E-state index in [1.807, 2.05) is 0 Å². The highest BCUT2D eigenvalue weighted by Gasteiger charge is 2.01. The van der Waals surface area contributed by atoms with Crippen molar-refractivity contribution in [3.63, 3.8) is 0 Å². The second-order valence-corrected chi connectivity index (χ2v) is 3.33. The number of aliphatic carboxylic acids is 1. The maximum atomic E-state index is 11.0. The van der Waals surface area contributed by atoms with E-state index in [-0.39, 0.29) is 12.5 Å². The number of hydrogen-bond donors (Lipinski definition) is 2. The van der Waals surface area contributed by atoms with Gasteiger partial charge in [0.1, 0.15) is 0 Å². The summed E-state index contributed by atoms with van der Waals surface area (Å²) < 4.78 is 0. The molecule has 0 saturated heterocycles. The molecule has 0 aliphatic heterocycles. The molecule has 0 atom stereocenters. The van der Waals surface area contributed by atoms with E-state index < -0.39 is 5.97 Å². The zero-order valence-electron chi connectivity index (χ0n) is 8.75. The molecule has 0 bridgehead atoms. The Morgan fingerprint density at radius 3 is 2.36 bits per heavy atom. The van der Waals surface area contributed by atoms with Crippen LogP contribution in [-0.2, 0) is 4.79 Å². The number of rotatable bonds is 6. The van der Waals surface area contributed by atoms with Crippen LogP contribution in [0.1, 0.15) is 25.7 Å². The molecule has 0 heterocycles. The Morgan fingerprint density at radius 2 is 1.86 bits per heavy atom. The van der Waals surface area contributed by atoms with Crippen LogP contribution < -0.4 is 5.32 Å². The molecule has 5 nitrogen and oxygen atoms in total. The molecular weight excluding hydrogens is 184 g/mol. The van der Waals surface area contributed by atoms with Gasteiger partial charge in [-0.15, -0.1) is 0 Å². The molecular formula is C9H18N2O3. The van der Waals surface area contributed by atoms with E-state index in [4.69, 9.17) is 5.11 Å². The van der Waals surface area contributed by atoms with Crippen LogP contribution in [0.5, 0.6) is 0 Å². The standard InChI is InChI=1S/C9H18N2O3/c1-11(2)9(14)10-7-5-3-4-6-8(12)13/h3-7H2,1-2H3,(H,10,14)(H,12,13). The number of unbranched alkanes of at least 4 members (excludes halogenated alkanes) is 2. The summed E-state index contributed by atoms with van der Waals surface area (Å²) in [6.07, 6.45) is 2.54. The van der Waals surface area contributed by atoms with Crippen LogP contribution in [0.4, 0.5) is 4.79 Å². The minimum absolute atomic E-state index is 0.108. The third-order valence-corrected chi connectivity index (χ3v) is 1.75. The molecule has 0 unspecified atom stereocenters. The number of nitrogens with one attached hydrogen (secondary N) is 1. The van der Waals surface area contributed by atoms with E-state index >= 15 is 0 Å². The predicted octanol–water partition coefficient (Wildman–Crippen LogP) is 0.903. The van der Waals surface area contributed by atoms with E-state index in [1.165, 1.54) is 4.90 Å². The van der Waals surface area contributed by atoms with Crippen molar-refractivity contribution < 1.29 is 14.7 Å². The van der Waals surface area contributed by atoms with Gasteiger partial charge in [-0.1, -0.05) is 6.42 Å². The lowest BCUT2D eigenvalue weighted by Crippen LogP contribution is -2.34. The SMILES string of the molecule is CN(C)C(=O)NCCCCCC(=O)O. The first-order chi connectivity index (χ1) is 6.54. The maximum Gasteiger partial charge on any atom is 0.316 e. The summed E-state index contributed by atoms with van der Waals surface area (Å²) in [4.78, 5) is 22.6. The Labute approximate surface area is 84.1 Å². The fourth-order valence-electron chi connectivity index (χ4n) is 0.931. The van der Waals surface area contributed by atoms with Gasteiger partial charge in [-0.25, -0.2) is 4.79 Å². The van der Waals surface area contributed by atoms with Gasteiger partial charge >= 0.3 is 12.0 Å². The zero-order chi connectivity index (χ0) is 11.0. The molecule has 0 aromatic rings. The van der Waals surface area contributed by atoms with Gasteiger partial charge in [0.15, 0.2) is 0 Å². The normalized spacial score (nSPS) is 9.57. The summed E-state index contributed by atoms with van der Waals surface area (Å²) in [5, 5.41) is 11.1. The van der Waals surface area contributed by atoms with Crippen molar-refractivity contribution in [3.8, 4) is 0 Å². The number of carbonyl (C=O) groups excluding carboxylic acids is 1. The largest absolute Gasteiger partial charge is 0.481 e. The average molecular weight is 202 g/mol. The second kappa shape index (κ2) is 7.17. The fourth-order valence-corrected chi connectivity index (χ4v) is 0.931. The molecule has 0 rings (SSSR count). The number of amides is 2. The maximum absolute atomic E-state index is 11.0. The number of carboxylic acid groups (broad SMARTS) is 1. The van der Waals surface area contributed by atoms with Crippen molar-refractivity contribution in [2.24, 2.45) is 0 Å². The summed E-state index contributed by atoms with van der Waals surface area (Å²) in [5.41, 5.74) is 0. The number of carboxylic acids is 1. The highest BCUT2D eigenvalue weighted by atomic mass is 16.4. The molecule has 0 aliphatic carbocycles.